The lowest BCUT2D eigenvalue weighted by Crippen LogP contribution is -2.29. The first-order valence-corrected chi connectivity index (χ1v) is 11.3. The van der Waals surface area contributed by atoms with Crippen LogP contribution in [0.5, 0.6) is 0 Å². The zero-order chi connectivity index (χ0) is 22.1. The van der Waals surface area contributed by atoms with Gasteiger partial charge in [-0.1, -0.05) is 5.16 Å². The highest BCUT2D eigenvalue weighted by atomic mass is 32.1. The van der Waals surface area contributed by atoms with Gasteiger partial charge in [-0.25, -0.2) is 9.97 Å². The van der Waals surface area contributed by atoms with Gasteiger partial charge < -0.3 is 15.2 Å². The second kappa shape index (κ2) is 8.54. The van der Waals surface area contributed by atoms with E-state index in [4.69, 9.17) is 9.51 Å². The van der Waals surface area contributed by atoms with Gasteiger partial charge >= 0.3 is 0 Å². The monoisotopic (exact) mass is 449 g/mol. The van der Waals surface area contributed by atoms with Gasteiger partial charge in [-0.2, -0.15) is 5.10 Å². The fourth-order valence-corrected chi connectivity index (χ4v) is 4.26. The molecule has 1 aliphatic carbocycles. The molecule has 1 saturated carbocycles. The van der Waals surface area contributed by atoms with Crippen molar-refractivity contribution in [3.8, 4) is 21.9 Å². The van der Waals surface area contributed by atoms with Crippen LogP contribution in [0.15, 0.2) is 35.0 Å². The molecule has 4 aromatic heterocycles. The lowest BCUT2D eigenvalue weighted by Gasteiger charge is -2.09. The number of aromatic nitrogens is 5. The predicted octanol–water partition coefficient (Wildman–Crippen LogP) is 3.92. The van der Waals surface area contributed by atoms with Crippen molar-refractivity contribution in [2.75, 3.05) is 18.4 Å². The first-order valence-electron chi connectivity index (χ1n) is 10.5. The molecule has 10 heteroatoms. The number of carbonyl (C=O) groups excluding carboxylic acids is 1. The van der Waals surface area contributed by atoms with Gasteiger partial charge in [0.15, 0.2) is 5.76 Å². The molecular formula is C22H23N7O2S. The van der Waals surface area contributed by atoms with Crippen molar-refractivity contribution >= 4 is 23.2 Å². The molecule has 0 unspecified atom stereocenters. The Bertz CT molecular complexity index is 1250. The van der Waals surface area contributed by atoms with Crippen molar-refractivity contribution in [1.82, 2.24) is 30.6 Å². The maximum Gasteiger partial charge on any atom is 0.271 e. The Balaban J connectivity index is 1.25. The second-order valence-corrected chi connectivity index (χ2v) is 9.15. The third kappa shape index (κ3) is 4.40. The molecule has 0 radical (unpaired) electrons. The van der Waals surface area contributed by atoms with Crippen molar-refractivity contribution in [3.63, 3.8) is 0 Å². The highest BCUT2D eigenvalue weighted by Crippen LogP contribution is 2.39. The average molecular weight is 450 g/mol. The summed E-state index contributed by atoms with van der Waals surface area (Å²) in [6.07, 6.45) is 4.06. The van der Waals surface area contributed by atoms with E-state index in [1.807, 2.05) is 25.1 Å². The number of rotatable bonds is 8. The molecule has 1 aliphatic rings. The zero-order valence-corrected chi connectivity index (χ0v) is 18.6. The fourth-order valence-electron chi connectivity index (χ4n) is 3.38. The van der Waals surface area contributed by atoms with Crippen LogP contribution in [0, 0.1) is 13.8 Å². The van der Waals surface area contributed by atoms with Crippen LogP contribution in [-0.4, -0.2) is 44.3 Å². The molecule has 4 aromatic rings. The summed E-state index contributed by atoms with van der Waals surface area (Å²) >= 11 is 1.66. The summed E-state index contributed by atoms with van der Waals surface area (Å²) < 4.78 is 5.44. The van der Waals surface area contributed by atoms with E-state index in [2.05, 4.69) is 44.0 Å². The molecule has 164 valence electrons. The SMILES string of the molecule is Cc1cc(-c2cnc(NCCNC(=O)c3cc(C4CC4)[nH]n3)nc2-c2ccc(C)s2)on1. The van der Waals surface area contributed by atoms with Crippen LogP contribution >= 0.6 is 11.3 Å². The van der Waals surface area contributed by atoms with E-state index in [-0.39, 0.29) is 5.91 Å². The van der Waals surface area contributed by atoms with Gasteiger partial charge in [0.25, 0.3) is 5.91 Å². The molecule has 3 N–H and O–H groups in total. The number of nitrogens with one attached hydrogen (secondary N) is 3. The van der Waals surface area contributed by atoms with Crippen LogP contribution in [0.25, 0.3) is 21.9 Å². The highest BCUT2D eigenvalue weighted by Gasteiger charge is 2.26. The van der Waals surface area contributed by atoms with Gasteiger partial charge in [-0.15, -0.1) is 11.3 Å². The minimum atomic E-state index is -0.193. The minimum Gasteiger partial charge on any atom is -0.356 e. The molecule has 5 rings (SSSR count). The number of amides is 1. The largest absolute Gasteiger partial charge is 0.356 e. The van der Waals surface area contributed by atoms with Crippen LogP contribution in [-0.2, 0) is 0 Å². The van der Waals surface area contributed by atoms with Gasteiger partial charge in [0, 0.05) is 41.8 Å². The number of H-pyrrole nitrogens is 1. The lowest BCUT2D eigenvalue weighted by molar-refractivity contribution is 0.0950. The standard InChI is InChI=1S/C22H23N7O2S/c1-12-9-18(31-29-12)15-11-25-22(26-20(15)19-6-3-13(2)32-19)24-8-7-23-21(30)17-10-16(27-28-17)14-4-5-14/h3,6,9-11,14H,4-5,7-8H2,1-2H3,(H,23,30)(H,27,28)(H,24,25,26). The van der Waals surface area contributed by atoms with Gasteiger partial charge in [-0.3, -0.25) is 9.89 Å². The number of hydrogen-bond acceptors (Lipinski definition) is 8. The fraction of sp³-hybridized carbons (Fsp3) is 0.318. The van der Waals surface area contributed by atoms with E-state index >= 15 is 0 Å². The van der Waals surface area contributed by atoms with Crippen molar-refractivity contribution in [2.24, 2.45) is 0 Å². The van der Waals surface area contributed by atoms with Gasteiger partial charge in [0.1, 0.15) is 5.69 Å². The Hall–Kier alpha value is -3.53. The molecule has 1 fully saturated rings. The molecule has 0 bridgehead atoms. The van der Waals surface area contributed by atoms with E-state index in [9.17, 15) is 4.79 Å². The topological polar surface area (TPSA) is 122 Å². The molecule has 32 heavy (non-hydrogen) atoms. The van der Waals surface area contributed by atoms with E-state index < -0.39 is 0 Å². The van der Waals surface area contributed by atoms with Gasteiger partial charge in [0.2, 0.25) is 5.95 Å². The summed E-state index contributed by atoms with van der Waals surface area (Å²) in [5, 5.41) is 17.1. The summed E-state index contributed by atoms with van der Waals surface area (Å²) in [7, 11) is 0. The van der Waals surface area contributed by atoms with E-state index in [1.165, 1.54) is 4.88 Å². The highest BCUT2D eigenvalue weighted by molar-refractivity contribution is 7.15. The average Bonchev–Trinajstić information content (AvgIpc) is 3.15. The summed E-state index contributed by atoms with van der Waals surface area (Å²) in [5.41, 5.74) is 3.83. The molecule has 0 aliphatic heterocycles. The van der Waals surface area contributed by atoms with Gasteiger partial charge in [0.05, 0.1) is 21.8 Å². The van der Waals surface area contributed by atoms with Crippen molar-refractivity contribution < 1.29 is 9.32 Å². The van der Waals surface area contributed by atoms with E-state index in [0.29, 0.717) is 36.4 Å². The summed E-state index contributed by atoms with van der Waals surface area (Å²) in [5.74, 6) is 1.46. The number of nitrogens with zero attached hydrogens (tertiary/aromatic N) is 4. The lowest BCUT2D eigenvalue weighted by atomic mass is 10.1. The second-order valence-electron chi connectivity index (χ2n) is 7.86. The molecule has 1 amide bonds. The zero-order valence-electron chi connectivity index (χ0n) is 17.8. The van der Waals surface area contributed by atoms with Gasteiger partial charge in [-0.05, 0) is 44.9 Å². The smallest absolute Gasteiger partial charge is 0.271 e. The molecule has 0 spiro atoms. The Labute approximate surface area is 188 Å². The van der Waals surface area contributed by atoms with Crippen LogP contribution in [0.3, 0.4) is 0 Å². The van der Waals surface area contributed by atoms with Crippen LogP contribution in [0.1, 0.15) is 45.5 Å². The van der Waals surface area contributed by atoms with E-state index in [1.54, 1.807) is 17.5 Å². The minimum absolute atomic E-state index is 0.193. The third-order valence-corrected chi connectivity index (χ3v) is 6.20. The van der Waals surface area contributed by atoms with Crippen LogP contribution < -0.4 is 10.6 Å². The van der Waals surface area contributed by atoms with Crippen LogP contribution in [0.4, 0.5) is 5.95 Å². The maximum atomic E-state index is 12.3. The molecule has 0 aromatic carbocycles. The number of anilines is 1. The third-order valence-electron chi connectivity index (χ3n) is 5.20. The number of thiophene rings is 1. The number of hydrogen-bond donors (Lipinski definition) is 3. The number of aromatic amines is 1. The Morgan fingerprint density at radius 3 is 2.84 bits per heavy atom. The summed E-state index contributed by atoms with van der Waals surface area (Å²) in [6.45, 7) is 4.84. The number of carbonyl (C=O) groups is 1. The van der Waals surface area contributed by atoms with Crippen LogP contribution in [0.2, 0.25) is 0 Å². The first kappa shape index (κ1) is 20.4. The summed E-state index contributed by atoms with van der Waals surface area (Å²) in [4.78, 5) is 23.6. The van der Waals surface area contributed by atoms with Crippen molar-refractivity contribution in [2.45, 2.75) is 32.6 Å². The maximum absolute atomic E-state index is 12.3. The molecule has 0 atom stereocenters. The quantitative estimate of drug-likeness (QED) is 0.349. The van der Waals surface area contributed by atoms with Crippen molar-refractivity contribution in [1.29, 1.82) is 0 Å². The Kier molecular flexibility index (Phi) is 5.44. The molecule has 4 heterocycles. The van der Waals surface area contributed by atoms with E-state index in [0.717, 1.165) is 40.4 Å². The Morgan fingerprint density at radius 1 is 1.25 bits per heavy atom. The predicted molar refractivity (Wildman–Crippen MR) is 122 cm³/mol. The normalized spacial score (nSPS) is 13.3. The first-order chi connectivity index (χ1) is 15.6. The number of aryl methyl sites for hydroxylation is 2. The van der Waals surface area contributed by atoms with Crippen molar-refractivity contribution in [3.05, 3.63) is 52.4 Å². The molecule has 0 saturated heterocycles. The Morgan fingerprint density at radius 2 is 2.12 bits per heavy atom. The molecular weight excluding hydrogens is 426 g/mol. The molecule has 9 nitrogen and oxygen atoms in total. The summed E-state index contributed by atoms with van der Waals surface area (Å²) in [6, 6.07) is 7.81.